The Morgan fingerprint density at radius 1 is 1.50 bits per heavy atom. The lowest BCUT2D eigenvalue weighted by molar-refractivity contribution is 0.0985. The summed E-state index contributed by atoms with van der Waals surface area (Å²) in [5.74, 6) is -0.462. The Morgan fingerprint density at radius 2 is 2.25 bits per heavy atom. The summed E-state index contributed by atoms with van der Waals surface area (Å²) in [5.41, 5.74) is 6.97. The number of aryl methyl sites for hydroxylation is 1. The average Bonchev–Trinajstić information content (AvgIpc) is 2.55. The number of carbonyl (C=O) groups excluding carboxylic acids is 1. The predicted molar refractivity (Wildman–Crippen MR) is 59.5 cm³/mol. The van der Waals surface area contributed by atoms with Gasteiger partial charge in [0.25, 0.3) is 0 Å². The predicted octanol–water partition coefficient (Wildman–Crippen LogP) is 0.663. The number of benzene rings is 1. The van der Waals surface area contributed by atoms with Crippen molar-refractivity contribution in [1.29, 1.82) is 0 Å². The van der Waals surface area contributed by atoms with E-state index in [1.54, 1.807) is 25.2 Å². The van der Waals surface area contributed by atoms with Crippen LogP contribution in [0.2, 0.25) is 0 Å². The zero-order chi connectivity index (χ0) is 11.7. The van der Waals surface area contributed by atoms with Crippen LogP contribution >= 0.6 is 0 Å². The largest absolute Gasteiger partial charge is 0.419 e. The molecule has 0 aliphatic heterocycles. The summed E-state index contributed by atoms with van der Waals surface area (Å²) in [6.45, 7) is 0.321. The Bertz CT molecular complexity index is 595. The van der Waals surface area contributed by atoms with E-state index in [2.05, 4.69) is 0 Å². The fourth-order valence-corrected chi connectivity index (χ4v) is 1.58. The Hall–Kier alpha value is -1.88. The van der Waals surface area contributed by atoms with E-state index in [9.17, 15) is 9.59 Å². The molecule has 1 aromatic carbocycles. The third-order valence-electron chi connectivity index (χ3n) is 2.48. The smallest absolute Gasteiger partial charge is 0.408 e. The van der Waals surface area contributed by atoms with Crippen LogP contribution in [0, 0.1) is 0 Å². The number of nitrogens with zero attached hydrogens (tertiary/aromatic N) is 1. The molecule has 0 aliphatic rings. The van der Waals surface area contributed by atoms with Gasteiger partial charge in [0.05, 0.1) is 5.52 Å². The van der Waals surface area contributed by atoms with E-state index < -0.39 is 5.76 Å². The van der Waals surface area contributed by atoms with Gasteiger partial charge in [0.2, 0.25) is 0 Å². The fraction of sp³-hybridized carbons (Fsp3) is 0.273. The SMILES string of the molecule is Cn1c(=O)oc2ccc(C(=O)CCN)cc21. The van der Waals surface area contributed by atoms with Crippen LogP contribution in [-0.2, 0) is 7.05 Å². The quantitative estimate of drug-likeness (QED) is 0.771. The lowest BCUT2D eigenvalue weighted by Gasteiger charge is -1.99. The number of hydrogen-bond donors (Lipinski definition) is 1. The first-order valence-electron chi connectivity index (χ1n) is 4.96. The minimum Gasteiger partial charge on any atom is -0.408 e. The van der Waals surface area contributed by atoms with Crippen molar-refractivity contribution in [3.63, 3.8) is 0 Å². The Balaban J connectivity index is 2.55. The maximum Gasteiger partial charge on any atom is 0.419 e. The molecule has 2 rings (SSSR count). The number of rotatable bonds is 3. The molecule has 1 aromatic heterocycles. The zero-order valence-corrected chi connectivity index (χ0v) is 8.90. The second kappa shape index (κ2) is 3.94. The molecular weight excluding hydrogens is 208 g/mol. The van der Waals surface area contributed by atoms with Crippen LogP contribution in [0.25, 0.3) is 11.1 Å². The van der Waals surface area contributed by atoms with Crippen LogP contribution in [0.15, 0.2) is 27.4 Å². The summed E-state index contributed by atoms with van der Waals surface area (Å²) in [6, 6.07) is 4.92. The zero-order valence-electron chi connectivity index (χ0n) is 8.90. The van der Waals surface area contributed by atoms with Crippen molar-refractivity contribution < 1.29 is 9.21 Å². The van der Waals surface area contributed by atoms with Gasteiger partial charge >= 0.3 is 5.76 Å². The molecule has 0 unspecified atom stereocenters. The molecule has 2 N–H and O–H groups in total. The van der Waals surface area contributed by atoms with Gasteiger partial charge in [-0.25, -0.2) is 4.79 Å². The van der Waals surface area contributed by atoms with Crippen molar-refractivity contribution in [2.75, 3.05) is 6.54 Å². The number of hydrogen-bond acceptors (Lipinski definition) is 4. The van der Waals surface area contributed by atoms with Crippen LogP contribution in [0.5, 0.6) is 0 Å². The van der Waals surface area contributed by atoms with Crippen LogP contribution in [0.4, 0.5) is 0 Å². The van der Waals surface area contributed by atoms with E-state index in [1.807, 2.05) is 0 Å². The molecule has 0 spiro atoms. The number of nitrogens with two attached hydrogens (primary N) is 1. The molecular formula is C11H12N2O3. The third-order valence-corrected chi connectivity index (χ3v) is 2.48. The van der Waals surface area contributed by atoms with E-state index in [0.717, 1.165) is 0 Å². The van der Waals surface area contributed by atoms with Crippen molar-refractivity contribution in [1.82, 2.24) is 4.57 Å². The molecule has 84 valence electrons. The number of fused-ring (bicyclic) bond motifs is 1. The molecule has 0 bridgehead atoms. The summed E-state index contributed by atoms with van der Waals surface area (Å²) in [4.78, 5) is 22.8. The minimum atomic E-state index is -0.432. The first-order valence-corrected chi connectivity index (χ1v) is 4.96. The van der Waals surface area contributed by atoms with Crippen molar-refractivity contribution in [2.45, 2.75) is 6.42 Å². The van der Waals surface area contributed by atoms with Crippen LogP contribution in [0.1, 0.15) is 16.8 Å². The van der Waals surface area contributed by atoms with E-state index in [0.29, 0.717) is 29.6 Å². The summed E-state index contributed by atoms with van der Waals surface area (Å²) < 4.78 is 6.33. The Labute approximate surface area is 91.5 Å². The van der Waals surface area contributed by atoms with Crippen molar-refractivity contribution in [2.24, 2.45) is 12.8 Å². The van der Waals surface area contributed by atoms with Crippen LogP contribution < -0.4 is 11.5 Å². The first kappa shape index (κ1) is 10.6. The summed E-state index contributed by atoms with van der Waals surface area (Å²) in [6.07, 6.45) is 0.303. The molecule has 0 amide bonds. The second-order valence-corrected chi connectivity index (χ2v) is 3.57. The Kier molecular flexibility index (Phi) is 2.62. The summed E-state index contributed by atoms with van der Waals surface area (Å²) >= 11 is 0. The van der Waals surface area contributed by atoms with Crippen LogP contribution in [0.3, 0.4) is 0 Å². The molecule has 5 nitrogen and oxygen atoms in total. The molecule has 0 fully saturated rings. The lowest BCUT2D eigenvalue weighted by atomic mass is 10.1. The molecule has 0 saturated carbocycles. The monoisotopic (exact) mass is 220 g/mol. The van der Waals surface area contributed by atoms with Gasteiger partial charge in [-0.15, -0.1) is 0 Å². The molecule has 2 aromatic rings. The molecule has 0 aliphatic carbocycles. The van der Waals surface area contributed by atoms with E-state index in [-0.39, 0.29) is 5.78 Å². The maximum absolute atomic E-state index is 11.6. The highest BCUT2D eigenvalue weighted by atomic mass is 16.4. The van der Waals surface area contributed by atoms with Crippen molar-refractivity contribution >= 4 is 16.9 Å². The molecule has 5 heteroatoms. The number of Topliss-reactive ketones (excluding diaryl/α,β-unsaturated/α-hetero) is 1. The van der Waals surface area contributed by atoms with E-state index >= 15 is 0 Å². The van der Waals surface area contributed by atoms with E-state index in [4.69, 9.17) is 10.2 Å². The minimum absolute atomic E-state index is 0.0296. The number of aromatic nitrogens is 1. The highest BCUT2D eigenvalue weighted by Crippen LogP contribution is 2.15. The van der Waals surface area contributed by atoms with E-state index in [1.165, 1.54) is 4.57 Å². The summed E-state index contributed by atoms with van der Waals surface area (Å²) in [5, 5.41) is 0. The first-order chi connectivity index (χ1) is 7.63. The summed E-state index contributed by atoms with van der Waals surface area (Å²) in [7, 11) is 1.60. The van der Waals surface area contributed by atoms with Crippen molar-refractivity contribution in [3.05, 3.63) is 34.3 Å². The fourth-order valence-electron chi connectivity index (χ4n) is 1.58. The molecule has 16 heavy (non-hydrogen) atoms. The van der Waals surface area contributed by atoms with Gasteiger partial charge in [0, 0.05) is 19.0 Å². The maximum atomic E-state index is 11.6. The normalized spacial score (nSPS) is 10.9. The average molecular weight is 220 g/mol. The molecule has 0 atom stereocenters. The van der Waals surface area contributed by atoms with Gasteiger partial charge in [-0.2, -0.15) is 0 Å². The second-order valence-electron chi connectivity index (χ2n) is 3.57. The van der Waals surface area contributed by atoms with Gasteiger partial charge in [-0.05, 0) is 24.7 Å². The lowest BCUT2D eigenvalue weighted by Crippen LogP contribution is -2.10. The highest BCUT2D eigenvalue weighted by molar-refractivity contribution is 5.98. The number of oxazole rings is 1. The van der Waals surface area contributed by atoms with Gasteiger partial charge in [0.1, 0.15) is 0 Å². The highest BCUT2D eigenvalue weighted by Gasteiger charge is 2.10. The molecule has 0 radical (unpaired) electrons. The Morgan fingerprint density at radius 3 is 2.94 bits per heavy atom. The van der Waals surface area contributed by atoms with Gasteiger partial charge in [-0.1, -0.05) is 0 Å². The van der Waals surface area contributed by atoms with Gasteiger partial charge in [0.15, 0.2) is 11.4 Å². The molecule has 1 heterocycles. The topological polar surface area (TPSA) is 78.2 Å². The van der Waals surface area contributed by atoms with Crippen molar-refractivity contribution in [3.8, 4) is 0 Å². The standard InChI is InChI=1S/C11H12N2O3/c1-13-8-6-7(9(14)4-5-12)2-3-10(8)16-11(13)15/h2-3,6H,4-5,12H2,1H3. The van der Waals surface area contributed by atoms with Gasteiger partial charge < -0.3 is 10.2 Å². The number of ketones is 1. The van der Waals surface area contributed by atoms with Gasteiger partial charge in [-0.3, -0.25) is 9.36 Å². The third kappa shape index (κ3) is 1.65. The number of carbonyl (C=O) groups is 1. The molecule has 0 saturated heterocycles. The van der Waals surface area contributed by atoms with Crippen LogP contribution in [-0.4, -0.2) is 16.9 Å².